The van der Waals surface area contributed by atoms with Gasteiger partial charge in [-0.05, 0) is 58.7 Å². The zero-order valence-corrected chi connectivity index (χ0v) is 24.3. The Morgan fingerprint density at radius 1 is 0.657 bits per heavy atom. The Morgan fingerprint density at radius 3 is 1.51 bits per heavy atom. The van der Waals surface area contributed by atoms with Crippen LogP contribution >= 0.6 is 34.4 Å². The fraction of sp³-hybridized carbons (Fsp3) is 0.533. The molecule has 3 heterocycles. The van der Waals surface area contributed by atoms with Gasteiger partial charge in [-0.3, -0.25) is 0 Å². The normalized spacial score (nSPS) is 13.5. The molecule has 0 amide bonds. The molecule has 0 N–H and O–H groups in total. The molecule has 3 aromatic heterocycles. The molecular formula is C30H40N2S3. The maximum atomic E-state index is 4.82. The summed E-state index contributed by atoms with van der Waals surface area (Å²) in [6.45, 7) is 9.27. The van der Waals surface area contributed by atoms with Crippen LogP contribution in [0.5, 0.6) is 0 Å². The monoisotopic (exact) mass is 524 g/mol. The van der Waals surface area contributed by atoms with E-state index in [0.29, 0.717) is 0 Å². The average Bonchev–Trinajstić information content (AvgIpc) is 3.65. The summed E-state index contributed by atoms with van der Waals surface area (Å²) in [4.78, 5) is 2.78. The van der Waals surface area contributed by atoms with E-state index in [1.807, 2.05) is 22.7 Å². The number of rotatable bonds is 14. The van der Waals surface area contributed by atoms with Crippen molar-refractivity contribution in [1.82, 2.24) is 8.75 Å². The Labute approximate surface area is 224 Å². The first-order valence-corrected chi connectivity index (χ1v) is 16.1. The molecule has 188 valence electrons. The van der Waals surface area contributed by atoms with Crippen LogP contribution in [0.1, 0.15) is 90.2 Å². The minimum absolute atomic E-state index is 0.763. The molecule has 0 bridgehead atoms. The highest BCUT2D eigenvalue weighted by Gasteiger charge is 2.20. The Balaban J connectivity index is 1.65. The summed E-state index contributed by atoms with van der Waals surface area (Å²) in [5.74, 6) is 1.53. The van der Waals surface area contributed by atoms with Crippen LogP contribution in [0, 0.1) is 11.8 Å². The molecular weight excluding hydrogens is 485 g/mol. The maximum Gasteiger partial charge on any atom is 0.114 e. The zero-order valence-electron chi connectivity index (χ0n) is 21.8. The summed E-state index contributed by atoms with van der Waals surface area (Å²) in [5, 5.41) is 4.52. The van der Waals surface area contributed by atoms with Crippen molar-refractivity contribution < 1.29 is 0 Å². The summed E-state index contributed by atoms with van der Waals surface area (Å²) < 4.78 is 9.65. The van der Waals surface area contributed by atoms with E-state index < -0.39 is 0 Å². The second kappa shape index (κ2) is 13.1. The topological polar surface area (TPSA) is 25.8 Å². The second-order valence-corrected chi connectivity index (χ2v) is 12.3. The molecule has 0 saturated carbocycles. The van der Waals surface area contributed by atoms with E-state index in [0.717, 1.165) is 22.9 Å². The van der Waals surface area contributed by atoms with E-state index in [1.165, 1.54) is 108 Å². The van der Waals surface area contributed by atoms with Crippen molar-refractivity contribution >= 4 is 45.4 Å². The number of hydrogen-bond acceptors (Lipinski definition) is 5. The standard InChI is InChI=1S/C30H40N2S3/c1-5-9-11-21(7-3)19-23-15-17-33-29(23)25-13-14-26(28-27(25)31-35-32-28)30-24(16-18-34-30)20-22(8-4)12-10-6-2/h13-18,21-22H,5-12,19-20H2,1-4H3. The highest BCUT2D eigenvalue weighted by molar-refractivity contribution is 7.14. The Kier molecular flexibility index (Phi) is 9.93. The van der Waals surface area contributed by atoms with Crippen LogP contribution in [0.4, 0.5) is 0 Å². The SMILES string of the molecule is CCCCC(CC)Cc1ccsc1-c1ccc(-c2sccc2CC(CC)CCCC)c2nsnc12. The fourth-order valence-electron chi connectivity index (χ4n) is 5.21. The Hall–Kier alpha value is -1.56. The number of aromatic nitrogens is 2. The largest absolute Gasteiger partial charge is 0.172 e. The van der Waals surface area contributed by atoms with Gasteiger partial charge in [-0.2, -0.15) is 8.75 Å². The fourth-order valence-corrected chi connectivity index (χ4v) is 7.71. The van der Waals surface area contributed by atoms with Gasteiger partial charge in [0.05, 0.1) is 11.7 Å². The van der Waals surface area contributed by atoms with Crippen LogP contribution in [0.25, 0.3) is 31.9 Å². The lowest BCUT2D eigenvalue weighted by atomic mass is 9.90. The van der Waals surface area contributed by atoms with Crippen LogP contribution in [0.2, 0.25) is 0 Å². The van der Waals surface area contributed by atoms with Gasteiger partial charge in [-0.1, -0.05) is 91.2 Å². The third-order valence-electron chi connectivity index (χ3n) is 7.50. The summed E-state index contributed by atoms with van der Waals surface area (Å²) in [6.07, 6.45) is 12.7. The van der Waals surface area contributed by atoms with E-state index in [2.05, 4.69) is 62.7 Å². The molecule has 2 nitrogen and oxygen atoms in total. The van der Waals surface area contributed by atoms with Crippen LogP contribution in [-0.2, 0) is 12.8 Å². The van der Waals surface area contributed by atoms with E-state index in [1.54, 1.807) is 0 Å². The molecule has 35 heavy (non-hydrogen) atoms. The molecule has 0 aliphatic heterocycles. The lowest BCUT2D eigenvalue weighted by Gasteiger charge is -2.16. The molecule has 5 heteroatoms. The van der Waals surface area contributed by atoms with Crippen molar-refractivity contribution in [1.29, 1.82) is 0 Å². The smallest absolute Gasteiger partial charge is 0.114 e. The van der Waals surface area contributed by atoms with Gasteiger partial charge in [0.25, 0.3) is 0 Å². The molecule has 0 aliphatic rings. The van der Waals surface area contributed by atoms with Gasteiger partial charge in [0, 0.05) is 20.9 Å². The first-order valence-electron chi connectivity index (χ1n) is 13.6. The van der Waals surface area contributed by atoms with Crippen molar-refractivity contribution in [2.24, 2.45) is 11.8 Å². The summed E-state index contributed by atoms with van der Waals surface area (Å²) >= 11 is 5.08. The maximum absolute atomic E-state index is 4.82. The van der Waals surface area contributed by atoms with Crippen molar-refractivity contribution in [3.05, 3.63) is 46.2 Å². The van der Waals surface area contributed by atoms with Gasteiger partial charge < -0.3 is 0 Å². The Morgan fingerprint density at radius 2 is 1.11 bits per heavy atom. The van der Waals surface area contributed by atoms with Gasteiger partial charge in [0.15, 0.2) is 0 Å². The minimum Gasteiger partial charge on any atom is -0.172 e. The summed E-state index contributed by atoms with van der Waals surface area (Å²) in [6, 6.07) is 9.32. The number of thiophene rings is 2. The molecule has 0 saturated heterocycles. The predicted molar refractivity (Wildman–Crippen MR) is 158 cm³/mol. The van der Waals surface area contributed by atoms with E-state index in [9.17, 15) is 0 Å². The summed E-state index contributed by atoms with van der Waals surface area (Å²) in [5.41, 5.74) is 7.66. The molecule has 2 unspecified atom stereocenters. The predicted octanol–water partition coefficient (Wildman–Crippen LogP) is 10.7. The zero-order chi connectivity index (χ0) is 24.6. The highest BCUT2D eigenvalue weighted by Crippen LogP contribution is 2.42. The quantitative estimate of drug-likeness (QED) is 0.164. The number of unbranched alkanes of at least 4 members (excludes halogenated alkanes) is 2. The molecule has 0 radical (unpaired) electrons. The van der Waals surface area contributed by atoms with E-state index in [-0.39, 0.29) is 0 Å². The lowest BCUT2D eigenvalue weighted by molar-refractivity contribution is 0.450. The minimum atomic E-state index is 0.763. The Bertz CT molecular complexity index is 1100. The number of nitrogens with zero attached hydrogens (tertiary/aromatic N) is 2. The van der Waals surface area contributed by atoms with Gasteiger partial charge in [0.2, 0.25) is 0 Å². The van der Waals surface area contributed by atoms with Crippen LogP contribution < -0.4 is 0 Å². The lowest BCUT2D eigenvalue weighted by Crippen LogP contribution is -2.04. The van der Waals surface area contributed by atoms with E-state index >= 15 is 0 Å². The van der Waals surface area contributed by atoms with Gasteiger partial charge in [-0.25, -0.2) is 0 Å². The number of benzene rings is 1. The molecule has 0 fully saturated rings. The first-order chi connectivity index (χ1) is 17.2. The highest BCUT2D eigenvalue weighted by atomic mass is 32.1. The molecule has 1 aromatic carbocycles. The van der Waals surface area contributed by atoms with Crippen molar-refractivity contribution in [3.8, 4) is 20.9 Å². The van der Waals surface area contributed by atoms with Gasteiger partial charge in [0.1, 0.15) is 11.0 Å². The van der Waals surface area contributed by atoms with Crippen molar-refractivity contribution in [2.75, 3.05) is 0 Å². The summed E-state index contributed by atoms with van der Waals surface area (Å²) in [7, 11) is 0. The van der Waals surface area contributed by atoms with Gasteiger partial charge >= 0.3 is 0 Å². The number of fused-ring (bicyclic) bond motifs is 1. The average molecular weight is 525 g/mol. The van der Waals surface area contributed by atoms with E-state index in [4.69, 9.17) is 8.75 Å². The van der Waals surface area contributed by atoms with Gasteiger partial charge in [-0.15, -0.1) is 22.7 Å². The third kappa shape index (κ3) is 6.23. The van der Waals surface area contributed by atoms with Crippen molar-refractivity contribution in [2.45, 2.75) is 91.9 Å². The van der Waals surface area contributed by atoms with Crippen LogP contribution in [0.3, 0.4) is 0 Å². The van der Waals surface area contributed by atoms with Crippen LogP contribution in [-0.4, -0.2) is 8.75 Å². The number of hydrogen-bond donors (Lipinski definition) is 0. The second-order valence-electron chi connectivity index (χ2n) is 9.91. The molecule has 0 spiro atoms. The molecule has 4 rings (SSSR count). The third-order valence-corrected chi connectivity index (χ3v) is 10.0. The van der Waals surface area contributed by atoms with Crippen molar-refractivity contribution in [3.63, 3.8) is 0 Å². The first kappa shape index (κ1) is 26.5. The molecule has 0 aliphatic carbocycles. The molecule has 4 aromatic rings. The van der Waals surface area contributed by atoms with Crippen LogP contribution in [0.15, 0.2) is 35.0 Å². The molecule has 2 atom stereocenters.